The highest BCUT2D eigenvalue weighted by atomic mass is 31.2. The Morgan fingerprint density at radius 1 is 0.654 bits per heavy atom. The van der Waals surface area contributed by atoms with Crippen LogP contribution >= 0.6 is 7.82 Å². The number of aliphatic hydroxyl groups is 1. The van der Waals surface area contributed by atoms with Crippen LogP contribution in [0.25, 0.3) is 0 Å². The van der Waals surface area contributed by atoms with E-state index in [1.54, 1.807) is 0 Å². The summed E-state index contributed by atoms with van der Waals surface area (Å²) in [5.74, 6) is -7.17. The zero-order chi connectivity index (χ0) is 21.7. The summed E-state index contributed by atoms with van der Waals surface area (Å²) in [6.07, 6.45) is -2.88. The molecule has 0 unspecified atom stereocenters. The van der Waals surface area contributed by atoms with Gasteiger partial charge in [-0.3, -0.25) is 19.2 Å². The average Bonchev–Trinajstić information content (AvgIpc) is 2.32. The number of carboxylic acid groups (broad SMARTS) is 5. The smallest absolute Gasteiger partial charge is 0.466 e. The molecule has 0 heterocycles. The van der Waals surface area contributed by atoms with E-state index in [0.717, 1.165) is 0 Å². The Balaban J connectivity index is -0.000000346. The van der Waals surface area contributed by atoms with E-state index in [1.807, 2.05) is 0 Å². The van der Waals surface area contributed by atoms with E-state index in [1.165, 1.54) is 0 Å². The molecule has 0 spiro atoms. The van der Waals surface area contributed by atoms with Crippen LogP contribution in [-0.2, 0) is 28.5 Å². The minimum absolute atomic E-state index is 0.296. The molecule has 0 bridgehead atoms. The van der Waals surface area contributed by atoms with Crippen molar-refractivity contribution in [2.75, 3.05) is 0 Å². The predicted molar refractivity (Wildman–Crippen MR) is 75.9 cm³/mol. The number of rotatable bonds is 8. The lowest BCUT2D eigenvalue weighted by Gasteiger charge is -2.18. The van der Waals surface area contributed by atoms with Gasteiger partial charge in [0.05, 0.1) is 25.7 Å². The van der Waals surface area contributed by atoms with Crippen molar-refractivity contribution >= 4 is 37.7 Å². The highest BCUT2D eigenvalue weighted by Crippen LogP contribution is 2.25. The zero-order valence-corrected chi connectivity index (χ0v) is 13.6. The first-order chi connectivity index (χ1) is 11.4. The molecule has 26 heavy (non-hydrogen) atoms. The van der Waals surface area contributed by atoms with Gasteiger partial charge in [-0.25, -0.2) is 9.36 Å². The van der Waals surface area contributed by atoms with Crippen LogP contribution in [0, 0.1) is 0 Å². The Labute approximate surface area is 144 Å². The largest absolute Gasteiger partial charge is 0.481 e. The first kappa shape index (κ1) is 28.2. The van der Waals surface area contributed by atoms with Gasteiger partial charge < -0.3 is 45.3 Å². The molecule has 0 aromatic carbocycles. The molecular formula is C10H17O15P. The fourth-order valence-electron chi connectivity index (χ4n) is 0.928. The zero-order valence-electron chi connectivity index (χ0n) is 12.8. The predicted octanol–water partition coefficient (Wildman–Crippen LogP) is -2.24. The van der Waals surface area contributed by atoms with Crippen molar-refractivity contribution in [1.82, 2.24) is 0 Å². The molecule has 16 heteroatoms. The molecule has 0 atom stereocenters. The third-order valence-electron chi connectivity index (χ3n) is 1.84. The van der Waals surface area contributed by atoms with Gasteiger partial charge in [0.2, 0.25) is 0 Å². The van der Waals surface area contributed by atoms with E-state index < -0.39 is 56.1 Å². The third-order valence-corrected chi connectivity index (χ3v) is 1.84. The fraction of sp³-hybridized carbons (Fsp3) is 0.500. The van der Waals surface area contributed by atoms with Crippen LogP contribution in [0.2, 0.25) is 0 Å². The highest BCUT2D eigenvalue weighted by molar-refractivity contribution is 7.45. The van der Waals surface area contributed by atoms with Gasteiger partial charge in [-0.05, 0) is 0 Å². The lowest BCUT2D eigenvalue weighted by molar-refractivity contribution is -0.170. The minimum Gasteiger partial charge on any atom is -0.481 e. The molecule has 0 rings (SSSR count). The molecule has 0 saturated carbocycles. The van der Waals surface area contributed by atoms with Crippen LogP contribution in [0.15, 0.2) is 0 Å². The molecule has 15 nitrogen and oxygen atoms in total. The molecule has 0 aromatic heterocycles. The van der Waals surface area contributed by atoms with Crippen molar-refractivity contribution in [3.63, 3.8) is 0 Å². The molecule has 0 aliphatic rings. The van der Waals surface area contributed by atoms with Gasteiger partial charge in [0.1, 0.15) is 0 Å². The van der Waals surface area contributed by atoms with Gasteiger partial charge in [-0.15, -0.1) is 0 Å². The average molecular weight is 408 g/mol. The fourth-order valence-corrected chi connectivity index (χ4v) is 0.928. The van der Waals surface area contributed by atoms with Crippen molar-refractivity contribution in [1.29, 1.82) is 0 Å². The lowest BCUT2D eigenvalue weighted by Crippen LogP contribution is -2.42. The van der Waals surface area contributed by atoms with Crippen molar-refractivity contribution in [2.24, 2.45) is 0 Å². The van der Waals surface area contributed by atoms with E-state index in [4.69, 9.17) is 49.9 Å². The Bertz CT molecular complexity index is 523. The molecule has 0 saturated heterocycles. The summed E-state index contributed by atoms with van der Waals surface area (Å²) in [6.45, 7) is 0. The number of aliphatic carboxylic acids is 5. The van der Waals surface area contributed by atoms with E-state index in [0.29, 0.717) is 0 Å². The van der Waals surface area contributed by atoms with Crippen molar-refractivity contribution in [3.05, 3.63) is 0 Å². The van der Waals surface area contributed by atoms with Crippen molar-refractivity contribution in [2.45, 2.75) is 31.3 Å². The number of carbonyl (C=O) groups is 5. The standard InChI is InChI=1S/C6H8O7.C4H6O4.H3O4P/c7-3(8)1-6(13,5(11)12)2-4(9)10;5-3(6)1-2-4(7)8;1-5(2,3)4/h13H,1-2H2,(H,7,8)(H,9,10)(H,11,12);1-2H2,(H,5,6)(H,7,8);(H3,1,2,3,4). The van der Waals surface area contributed by atoms with Crippen LogP contribution in [-0.4, -0.2) is 80.8 Å². The summed E-state index contributed by atoms with van der Waals surface area (Å²) in [5, 5.41) is 49.6. The molecular weight excluding hydrogens is 391 g/mol. The van der Waals surface area contributed by atoms with Gasteiger partial charge in [0.25, 0.3) is 0 Å². The molecule has 9 N–H and O–H groups in total. The van der Waals surface area contributed by atoms with Crippen molar-refractivity contribution < 1.29 is 73.9 Å². The summed E-state index contributed by atoms with van der Waals surface area (Å²) < 4.78 is 8.88. The Hall–Kier alpha value is -2.58. The molecule has 0 radical (unpaired) electrons. The van der Waals surface area contributed by atoms with E-state index in [9.17, 15) is 24.0 Å². The number of hydrogen-bond donors (Lipinski definition) is 9. The second-order valence-electron chi connectivity index (χ2n) is 4.28. The maximum Gasteiger partial charge on any atom is 0.466 e. The van der Waals surface area contributed by atoms with Crippen LogP contribution in [0.3, 0.4) is 0 Å². The summed E-state index contributed by atoms with van der Waals surface area (Å²) >= 11 is 0. The second-order valence-corrected chi connectivity index (χ2v) is 5.31. The van der Waals surface area contributed by atoms with Gasteiger partial charge in [0.15, 0.2) is 5.60 Å². The van der Waals surface area contributed by atoms with Crippen molar-refractivity contribution in [3.8, 4) is 0 Å². The molecule has 0 aliphatic heterocycles. The van der Waals surface area contributed by atoms with Gasteiger partial charge >= 0.3 is 37.7 Å². The number of phosphoric acid groups is 1. The SMILES string of the molecule is O=C(O)CC(O)(CC(=O)O)C(=O)O.O=C(O)CCC(=O)O.O=P(O)(O)O. The molecule has 0 fully saturated rings. The van der Waals surface area contributed by atoms with E-state index in [-0.39, 0.29) is 12.8 Å². The minimum atomic E-state index is -4.64. The van der Waals surface area contributed by atoms with Gasteiger partial charge in [0, 0.05) is 0 Å². The maximum atomic E-state index is 10.3. The Kier molecular flexibility index (Phi) is 13.8. The summed E-state index contributed by atoms with van der Waals surface area (Å²) in [5.41, 5.74) is -2.74. The van der Waals surface area contributed by atoms with Crippen LogP contribution in [0.1, 0.15) is 25.7 Å². The monoisotopic (exact) mass is 408 g/mol. The number of hydrogen-bond acceptors (Lipinski definition) is 7. The van der Waals surface area contributed by atoms with Crippen LogP contribution in [0.5, 0.6) is 0 Å². The first-order valence-corrected chi connectivity index (χ1v) is 7.58. The molecule has 0 aliphatic carbocycles. The van der Waals surface area contributed by atoms with E-state index in [2.05, 4.69) is 0 Å². The summed E-state index contributed by atoms with van der Waals surface area (Å²) in [7, 11) is -4.64. The maximum absolute atomic E-state index is 10.3. The Morgan fingerprint density at radius 3 is 1.00 bits per heavy atom. The quantitative estimate of drug-likeness (QED) is 0.192. The topological polar surface area (TPSA) is 284 Å². The van der Waals surface area contributed by atoms with Gasteiger partial charge in [-0.2, -0.15) is 0 Å². The molecule has 0 amide bonds. The summed E-state index contributed by atoms with van der Waals surface area (Å²) in [6, 6.07) is 0. The third kappa shape index (κ3) is 26.3. The number of carboxylic acids is 5. The Morgan fingerprint density at radius 2 is 0.885 bits per heavy atom. The first-order valence-electron chi connectivity index (χ1n) is 6.02. The lowest BCUT2D eigenvalue weighted by atomic mass is 9.96. The van der Waals surface area contributed by atoms with Crippen LogP contribution in [0.4, 0.5) is 0 Å². The second kappa shape index (κ2) is 12.7. The van der Waals surface area contributed by atoms with Gasteiger partial charge in [-0.1, -0.05) is 0 Å². The molecule has 152 valence electrons. The summed E-state index contributed by atoms with van der Waals surface area (Å²) in [4.78, 5) is 71.3. The van der Waals surface area contributed by atoms with Crippen LogP contribution < -0.4 is 0 Å². The molecule has 0 aromatic rings. The normalized spacial score (nSPS) is 10.3. The van der Waals surface area contributed by atoms with E-state index >= 15 is 0 Å². The highest BCUT2D eigenvalue weighted by Gasteiger charge is 2.40.